The van der Waals surface area contributed by atoms with Gasteiger partial charge in [-0.25, -0.2) is 9.49 Å². The van der Waals surface area contributed by atoms with Gasteiger partial charge in [-0.1, -0.05) is 24.3 Å². The van der Waals surface area contributed by atoms with Gasteiger partial charge in [0, 0.05) is 56.5 Å². The summed E-state index contributed by atoms with van der Waals surface area (Å²) < 4.78 is 15.0. The van der Waals surface area contributed by atoms with Crippen molar-refractivity contribution >= 4 is 35.0 Å². The summed E-state index contributed by atoms with van der Waals surface area (Å²) in [7, 11) is 0. The average Bonchev–Trinajstić information content (AvgIpc) is 3.63. The fourth-order valence-electron chi connectivity index (χ4n) is 8.12. The number of nitrogens with one attached hydrogen (secondary N) is 2. The Morgan fingerprint density at radius 3 is 2.27 bits per heavy atom. The molecule has 2 amide bonds. The Balaban J connectivity index is 0.00000401. The predicted molar refractivity (Wildman–Crippen MR) is 186 cm³/mol. The van der Waals surface area contributed by atoms with Gasteiger partial charge in [-0.2, -0.15) is 5.10 Å². The molecule has 4 saturated heterocycles. The minimum absolute atomic E-state index is 0. The van der Waals surface area contributed by atoms with E-state index in [4.69, 9.17) is 0 Å². The third kappa shape index (κ3) is 7.59. The molecule has 12 heteroatoms. The number of rotatable bonds is 7. The number of H-pyrrole nitrogens is 1. The number of halogens is 2. The van der Waals surface area contributed by atoms with E-state index in [2.05, 4.69) is 25.3 Å². The zero-order valence-electron chi connectivity index (χ0n) is 27.5. The Labute approximate surface area is 287 Å². The Kier molecular flexibility index (Phi) is 11.1. The van der Waals surface area contributed by atoms with E-state index in [0.29, 0.717) is 49.7 Å². The molecule has 48 heavy (non-hydrogen) atoms. The van der Waals surface area contributed by atoms with Crippen molar-refractivity contribution in [1.82, 2.24) is 35.1 Å². The van der Waals surface area contributed by atoms with Crippen molar-refractivity contribution < 1.29 is 14.0 Å². The number of fused-ring (bicyclic) bond motifs is 1. The van der Waals surface area contributed by atoms with Crippen LogP contribution in [0.5, 0.6) is 0 Å². The van der Waals surface area contributed by atoms with E-state index >= 15 is 0 Å². The molecular weight excluding hydrogens is 633 g/mol. The molecule has 4 fully saturated rings. The minimum Gasteiger partial charge on any atom is -0.339 e. The molecule has 0 radical (unpaired) electrons. The normalized spacial score (nSPS) is 21.8. The van der Waals surface area contributed by atoms with Crippen LogP contribution in [0.1, 0.15) is 53.7 Å². The van der Waals surface area contributed by atoms with Gasteiger partial charge < -0.3 is 24.9 Å². The van der Waals surface area contributed by atoms with Crippen LogP contribution < -0.4 is 10.9 Å². The van der Waals surface area contributed by atoms with Crippen molar-refractivity contribution in [2.45, 2.75) is 44.6 Å². The molecule has 0 spiro atoms. The van der Waals surface area contributed by atoms with E-state index < -0.39 is 5.82 Å². The lowest BCUT2D eigenvalue weighted by Crippen LogP contribution is -2.54. The van der Waals surface area contributed by atoms with Crippen LogP contribution in [0.2, 0.25) is 0 Å². The lowest BCUT2D eigenvalue weighted by Gasteiger charge is -2.43. The molecule has 5 heterocycles. The molecule has 2 aromatic carbocycles. The van der Waals surface area contributed by atoms with Crippen LogP contribution in [0.25, 0.3) is 10.8 Å². The lowest BCUT2D eigenvalue weighted by atomic mass is 9.92. The highest BCUT2D eigenvalue weighted by atomic mass is 35.5. The molecule has 0 aliphatic carbocycles. The summed E-state index contributed by atoms with van der Waals surface area (Å²) in [6.07, 6.45) is 5.87. The second kappa shape index (κ2) is 15.4. The van der Waals surface area contributed by atoms with Crippen LogP contribution in [-0.4, -0.2) is 120 Å². The first-order chi connectivity index (χ1) is 22.9. The van der Waals surface area contributed by atoms with E-state index in [1.165, 1.54) is 45.0 Å². The molecular formula is C36H47ClFN7O3. The predicted octanol–water partition coefficient (Wildman–Crippen LogP) is 3.15. The summed E-state index contributed by atoms with van der Waals surface area (Å²) in [5, 5.41) is 11.5. The largest absolute Gasteiger partial charge is 0.339 e. The Morgan fingerprint density at radius 2 is 1.56 bits per heavy atom. The first kappa shape index (κ1) is 34.5. The van der Waals surface area contributed by atoms with Gasteiger partial charge in [0.25, 0.3) is 11.5 Å². The van der Waals surface area contributed by atoms with Gasteiger partial charge in [-0.15, -0.1) is 12.4 Å². The third-order valence-corrected chi connectivity index (χ3v) is 10.9. The average molecular weight is 680 g/mol. The van der Waals surface area contributed by atoms with Crippen LogP contribution >= 0.6 is 12.4 Å². The number of likely N-dealkylation sites (tertiary alicyclic amines) is 2. The summed E-state index contributed by atoms with van der Waals surface area (Å²) in [6.45, 7) is 9.57. The zero-order valence-corrected chi connectivity index (χ0v) is 28.4. The highest BCUT2D eigenvalue weighted by Crippen LogP contribution is 2.27. The highest BCUT2D eigenvalue weighted by molar-refractivity contribution is 5.95. The number of aromatic nitrogens is 2. The van der Waals surface area contributed by atoms with E-state index in [1.54, 1.807) is 29.2 Å². The molecule has 4 aliphatic rings. The first-order valence-electron chi connectivity index (χ1n) is 17.4. The van der Waals surface area contributed by atoms with Crippen molar-refractivity contribution in [1.29, 1.82) is 0 Å². The van der Waals surface area contributed by atoms with Crippen LogP contribution in [0, 0.1) is 17.7 Å². The van der Waals surface area contributed by atoms with Crippen LogP contribution in [0.3, 0.4) is 0 Å². The van der Waals surface area contributed by atoms with Gasteiger partial charge in [0.2, 0.25) is 5.91 Å². The van der Waals surface area contributed by atoms with E-state index in [1.807, 2.05) is 17.0 Å². The molecule has 0 saturated carbocycles. The van der Waals surface area contributed by atoms with Gasteiger partial charge in [-0.3, -0.25) is 14.4 Å². The number of hydrogen-bond donors (Lipinski definition) is 2. The Bertz CT molecular complexity index is 1640. The van der Waals surface area contributed by atoms with Crippen molar-refractivity contribution in [2.75, 3.05) is 72.0 Å². The Hall–Kier alpha value is -3.38. The molecule has 1 aromatic heterocycles. The van der Waals surface area contributed by atoms with E-state index in [-0.39, 0.29) is 41.3 Å². The fourth-order valence-corrected chi connectivity index (χ4v) is 8.12. The van der Waals surface area contributed by atoms with Crippen LogP contribution in [-0.2, 0) is 11.2 Å². The van der Waals surface area contributed by atoms with Crippen molar-refractivity contribution in [3.63, 3.8) is 0 Å². The second-order valence-electron chi connectivity index (χ2n) is 13.9. The minimum atomic E-state index is -0.569. The number of nitrogens with zero attached hydrogens (tertiary/aromatic N) is 5. The van der Waals surface area contributed by atoms with Crippen molar-refractivity contribution in [2.24, 2.45) is 11.8 Å². The molecule has 4 aliphatic heterocycles. The van der Waals surface area contributed by atoms with Crippen LogP contribution in [0.4, 0.5) is 4.39 Å². The summed E-state index contributed by atoms with van der Waals surface area (Å²) in [4.78, 5) is 47.9. The molecule has 1 atom stereocenters. The smallest absolute Gasteiger partial charge is 0.272 e. The number of carbonyl (C=O) groups excluding carboxylic acids is 2. The van der Waals surface area contributed by atoms with Gasteiger partial charge in [0.05, 0.1) is 16.6 Å². The summed E-state index contributed by atoms with van der Waals surface area (Å²) in [6, 6.07) is 12.4. The number of piperidine rings is 2. The Morgan fingerprint density at radius 1 is 0.854 bits per heavy atom. The molecule has 0 unspecified atom stereocenters. The number of carbonyl (C=O) groups is 2. The lowest BCUT2D eigenvalue weighted by molar-refractivity contribution is -0.138. The molecule has 10 nitrogen and oxygen atoms in total. The quantitative estimate of drug-likeness (QED) is 0.396. The number of hydrogen-bond acceptors (Lipinski definition) is 7. The number of amides is 2. The zero-order chi connectivity index (χ0) is 32.3. The third-order valence-electron chi connectivity index (χ3n) is 10.9. The molecule has 0 bridgehead atoms. The van der Waals surface area contributed by atoms with Gasteiger partial charge >= 0.3 is 0 Å². The van der Waals surface area contributed by atoms with Crippen molar-refractivity contribution in [3.8, 4) is 0 Å². The monoisotopic (exact) mass is 679 g/mol. The summed E-state index contributed by atoms with van der Waals surface area (Å²) in [5.41, 5.74) is 1.14. The highest BCUT2D eigenvalue weighted by Gasteiger charge is 2.35. The maximum absolute atomic E-state index is 15.0. The fraction of sp³-hybridized carbons (Fsp3) is 0.556. The van der Waals surface area contributed by atoms with E-state index in [0.717, 1.165) is 55.9 Å². The second-order valence-corrected chi connectivity index (χ2v) is 13.9. The SMILES string of the molecule is Cl.O=C(c1cc(Cc2n[nH]c(=O)c3ccccc23)ccc1F)N1CCN(C(=O)C2CCN(C3CCN(C[C@H]4CCNC4)CC3)CC2)CC1. The number of aromatic amines is 1. The molecule has 7 rings (SSSR count). The van der Waals surface area contributed by atoms with Crippen LogP contribution in [0.15, 0.2) is 47.3 Å². The number of piperazine rings is 1. The topological polar surface area (TPSA) is 105 Å². The van der Waals surface area contributed by atoms with Crippen molar-refractivity contribution in [3.05, 3.63) is 75.5 Å². The van der Waals surface area contributed by atoms with E-state index in [9.17, 15) is 18.8 Å². The standard InChI is InChI=1S/C36H46FN7O3.ClH/c37-32-6-5-25(22-33-29-3-1-2-4-30(29)34(45)40-39-33)21-31(32)36(47)44-19-17-43(18-20-44)35(46)27-8-15-42(16-9-27)28-10-13-41(14-11-28)24-26-7-12-38-23-26;/h1-6,21,26-28,38H,7-20,22-24H2,(H,40,45);1H/t26-;/m0./s1. The van der Waals surface area contributed by atoms with Gasteiger partial charge in [0.1, 0.15) is 5.82 Å². The molecule has 258 valence electrons. The first-order valence-corrected chi connectivity index (χ1v) is 17.4. The maximum Gasteiger partial charge on any atom is 0.272 e. The molecule has 2 N–H and O–H groups in total. The van der Waals surface area contributed by atoms with Gasteiger partial charge in [-0.05, 0) is 101 Å². The molecule has 3 aromatic rings. The maximum atomic E-state index is 15.0. The summed E-state index contributed by atoms with van der Waals surface area (Å²) in [5.74, 6) is 0.107. The number of benzene rings is 2. The van der Waals surface area contributed by atoms with Gasteiger partial charge in [0.15, 0.2) is 0 Å². The summed E-state index contributed by atoms with van der Waals surface area (Å²) >= 11 is 0.